The van der Waals surface area contributed by atoms with E-state index in [1.165, 1.54) is 4.31 Å². The van der Waals surface area contributed by atoms with Crippen molar-refractivity contribution in [2.75, 3.05) is 27.2 Å². The van der Waals surface area contributed by atoms with E-state index in [9.17, 15) is 8.42 Å². The van der Waals surface area contributed by atoms with Crippen LogP contribution in [0.5, 0.6) is 0 Å². The Hall–Kier alpha value is -0.960. The van der Waals surface area contributed by atoms with Crippen molar-refractivity contribution in [2.45, 2.75) is 38.3 Å². The Labute approximate surface area is 121 Å². The quantitative estimate of drug-likeness (QED) is 0.747. The molecule has 1 aromatic heterocycles. The lowest BCUT2D eigenvalue weighted by molar-refractivity contribution is 0.271. The van der Waals surface area contributed by atoms with Crippen LogP contribution in [0.25, 0.3) is 0 Å². The molecule has 0 aliphatic heterocycles. The van der Waals surface area contributed by atoms with Crippen molar-refractivity contribution in [1.29, 1.82) is 0 Å². The lowest BCUT2D eigenvalue weighted by Gasteiger charge is -2.29. The number of rotatable bonds is 7. The van der Waals surface area contributed by atoms with Crippen LogP contribution in [0.2, 0.25) is 0 Å². The van der Waals surface area contributed by atoms with Gasteiger partial charge in [0.25, 0.3) is 0 Å². The molecule has 0 saturated heterocycles. The molecule has 0 bridgehead atoms. The third-order valence-electron chi connectivity index (χ3n) is 3.15. The van der Waals surface area contributed by atoms with Gasteiger partial charge in [-0.15, -0.1) is 0 Å². The van der Waals surface area contributed by atoms with E-state index in [2.05, 4.69) is 10.2 Å². The van der Waals surface area contributed by atoms with Crippen LogP contribution in [0.1, 0.15) is 25.2 Å². The van der Waals surface area contributed by atoms with Crippen LogP contribution in [0.15, 0.2) is 4.90 Å². The second-order valence-electron chi connectivity index (χ2n) is 5.15. The summed E-state index contributed by atoms with van der Waals surface area (Å²) in [6, 6.07) is -0.125. The Balaban J connectivity index is 3.21. The van der Waals surface area contributed by atoms with Crippen molar-refractivity contribution in [1.82, 2.24) is 19.4 Å². The molecule has 1 unspecified atom stereocenters. The monoisotopic (exact) mass is 303 g/mol. The number of likely N-dealkylation sites (N-methyl/N-ethyl adjacent to an activating group) is 2. The summed E-state index contributed by atoms with van der Waals surface area (Å²) in [6.07, 6.45) is 0. The summed E-state index contributed by atoms with van der Waals surface area (Å²) in [4.78, 5) is 2.18. The summed E-state index contributed by atoms with van der Waals surface area (Å²) in [5.74, 6) is 0. The Morgan fingerprint density at radius 1 is 1.40 bits per heavy atom. The van der Waals surface area contributed by atoms with Gasteiger partial charge in [0.2, 0.25) is 10.0 Å². The number of aromatic nitrogens is 2. The zero-order chi connectivity index (χ0) is 15.5. The first-order chi connectivity index (χ1) is 9.25. The van der Waals surface area contributed by atoms with Crippen LogP contribution in [0.4, 0.5) is 0 Å². The molecular weight excluding hydrogens is 278 g/mol. The lowest BCUT2D eigenvalue weighted by atomic mass is 10.3. The number of sulfonamides is 1. The number of hydrogen-bond donors (Lipinski definition) is 2. The van der Waals surface area contributed by atoms with Gasteiger partial charge >= 0.3 is 0 Å². The summed E-state index contributed by atoms with van der Waals surface area (Å²) in [7, 11) is 0.251. The van der Waals surface area contributed by atoms with Crippen molar-refractivity contribution < 1.29 is 8.42 Å². The topological polar surface area (TPSA) is 95.3 Å². The summed E-state index contributed by atoms with van der Waals surface area (Å²) < 4.78 is 27.2. The summed E-state index contributed by atoms with van der Waals surface area (Å²) in [6.45, 7) is 6.59. The molecule has 1 rings (SSSR count). The smallest absolute Gasteiger partial charge is 0.247 e. The molecule has 0 spiro atoms. The Bertz CT molecular complexity index is 538. The molecule has 1 atom stereocenters. The molecule has 116 valence electrons. The molecule has 0 saturated carbocycles. The summed E-state index contributed by atoms with van der Waals surface area (Å²) in [5, 5.41) is 6.68. The normalized spacial score (nSPS) is 14.2. The fraction of sp³-hybridized carbons (Fsp3) is 0.750. The molecule has 0 amide bonds. The van der Waals surface area contributed by atoms with Gasteiger partial charge in [0.1, 0.15) is 4.90 Å². The first kappa shape index (κ1) is 17.1. The number of aryl methyl sites for hydroxylation is 1. The van der Waals surface area contributed by atoms with Crippen LogP contribution >= 0.6 is 0 Å². The van der Waals surface area contributed by atoms with Gasteiger partial charge < -0.3 is 10.6 Å². The molecule has 0 aromatic carbocycles. The Morgan fingerprint density at radius 2 is 2.00 bits per heavy atom. The summed E-state index contributed by atoms with van der Waals surface area (Å²) >= 11 is 0. The van der Waals surface area contributed by atoms with Gasteiger partial charge in [-0.05, 0) is 27.9 Å². The predicted molar refractivity (Wildman–Crippen MR) is 78.8 cm³/mol. The number of hydrogen-bond acceptors (Lipinski definition) is 5. The highest BCUT2D eigenvalue weighted by molar-refractivity contribution is 7.89. The minimum Gasteiger partial charge on any atom is -0.325 e. The number of nitrogens with zero attached hydrogens (tertiary/aromatic N) is 3. The molecule has 1 aromatic rings. The average Bonchev–Trinajstić information content (AvgIpc) is 2.70. The zero-order valence-corrected chi connectivity index (χ0v) is 13.7. The maximum Gasteiger partial charge on any atom is 0.247 e. The van der Waals surface area contributed by atoms with Gasteiger partial charge in [-0.2, -0.15) is 9.40 Å². The Kier molecular flexibility index (Phi) is 5.69. The van der Waals surface area contributed by atoms with Gasteiger partial charge in [0.05, 0.1) is 11.4 Å². The van der Waals surface area contributed by atoms with Crippen LogP contribution in [-0.2, 0) is 16.6 Å². The second kappa shape index (κ2) is 6.66. The standard InChI is InChI=1S/C12H25N5O2S/c1-6-17(9(2)8-16(4)5)20(18,19)12-10(3)14-15-11(12)7-13/h9H,6-8,13H2,1-5H3,(H,14,15). The fourth-order valence-corrected chi connectivity index (χ4v) is 4.38. The zero-order valence-electron chi connectivity index (χ0n) is 12.8. The SMILES string of the molecule is CCN(C(C)CN(C)C)S(=O)(=O)c1c(CN)n[nH]c1C. The Morgan fingerprint density at radius 3 is 2.45 bits per heavy atom. The van der Waals surface area contributed by atoms with Crippen molar-refractivity contribution in [3.8, 4) is 0 Å². The highest BCUT2D eigenvalue weighted by Gasteiger charge is 2.32. The molecule has 3 N–H and O–H groups in total. The summed E-state index contributed by atoms with van der Waals surface area (Å²) in [5.41, 5.74) is 6.50. The molecule has 20 heavy (non-hydrogen) atoms. The van der Waals surface area contributed by atoms with E-state index in [-0.39, 0.29) is 17.5 Å². The van der Waals surface area contributed by atoms with Gasteiger partial charge in [-0.25, -0.2) is 8.42 Å². The third-order valence-corrected chi connectivity index (χ3v) is 5.45. The number of H-pyrrole nitrogens is 1. The van der Waals surface area contributed by atoms with E-state index < -0.39 is 10.0 Å². The van der Waals surface area contributed by atoms with E-state index in [1.54, 1.807) is 6.92 Å². The van der Waals surface area contributed by atoms with E-state index >= 15 is 0 Å². The maximum atomic E-state index is 12.8. The van der Waals surface area contributed by atoms with Crippen LogP contribution in [0, 0.1) is 6.92 Å². The lowest BCUT2D eigenvalue weighted by Crippen LogP contribution is -2.44. The van der Waals surface area contributed by atoms with Crippen molar-refractivity contribution in [3.05, 3.63) is 11.4 Å². The van der Waals surface area contributed by atoms with Crippen LogP contribution < -0.4 is 5.73 Å². The molecule has 8 heteroatoms. The van der Waals surface area contributed by atoms with Crippen LogP contribution in [-0.4, -0.2) is 61.0 Å². The van der Waals surface area contributed by atoms with E-state index in [0.717, 1.165) is 0 Å². The highest BCUT2D eigenvalue weighted by atomic mass is 32.2. The molecule has 0 radical (unpaired) electrons. The predicted octanol–water partition coefficient (Wildman–Crippen LogP) is 0.138. The van der Waals surface area contributed by atoms with Gasteiger partial charge in [-0.3, -0.25) is 5.10 Å². The number of nitrogens with two attached hydrogens (primary N) is 1. The number of nitrogens with one attached hydrogen (secondary N) is 1. The van der Waals surface area contributed by atoms with Crippen LogP contribution in [0.3, 0.4) is 0 Å². The van der Waals surface area contributed by atoms with Gasteiger partial charge in [0, 0.05) is 25.7 Å². The first-order valence-electron chi connectivity index (χ1n) is 6.66. The van der Waals surface area contributed by atoms with E-state index in [0.29, 0.717) is 24.5 Å². The highest BCUT2D eigenvalue weighted by Crippen LogP contribution is 2.23. The molecule has 0 aliphatic rings. The van der Waals surface area contributed by atoms with Gasteiger partial charge in [0.15, 0.2) is 0 Å². The molecule has 7 nitrogen and oxygen atoms in total. The largest absolute Gasteiger partial charge is 0.325 e. The average molecular weight is 303 g/mol. The molecule has 0 aliphatic carbocycles. The van der Waals surface area contributed by atoms with Crippen molar-refractivity contribution >= 4 is 10.0 Å². The minimum atomic E-state index is -3.59. The molecule has 1 heterocycles. The minimum absolute atomic E-state index is 0.0958. The van der Waals surface area contributed by atoms with Gasteiger partial charge in [-0.1, -0.05) is 6.92 Å². The second-order valence-corrected chi connectivity index (χ2v) is 6.98. The molecule has 0 fully saturated rings. The fourth-order valence-electron chi connectivity index (χ4n) is 2.41. The van der Waals surface area contributed by atoms with Crippen molar-refractivity contribution in [2.24, 2.45) is 5.73 Å². The maximum absolute atomic E-state index is 12.8. The van der Waals surface area contributed by atoms with E-state index in [1.807, 2.05) is 32.8 Å². The molecular formula is C12H25N5O2S. The van der Waals surface area contributed by atoms with Crippen molar-refractivity contribution in [3.63, 3.8) is 0 Å². The first-order valence-corrected chi connectivity index (χ1v) is 8.10. The number of aromatic amines is 1. The van der Waals surface area contributed by atoms with E-state index in [4.69, 9.17) is 5.73 Å². The third kappa shape index (κ3) is 3.38.